The van der Waals surface area contributed by atoms with Gasteiger partial charge in [0, 0.05) is 17.6 Å². The van der Waals surface area contributed by atoms with Gasteiger partial charge in [0.25, 0.3) is 5.91 Å². The maximum absolute atomic E-state index is 13.6. The molecule has 0 bridgehead atoms. The van der Waals surface area contributed by atoms with Crippen molar-refractivity contribution >= 4 is 29.0 Å². The first-order chi connectivity index (χ1) is 12.5. The molecule has 8 heteroatoms. The zero-order chi connectivity index (χ0) is 18.5. The number of hydrogen-bond acceptors (Lipinski definition) is 4. The van der Waals surface area contributed by atoms with Gasteiger partial charge in [-0.15, -0.1) is 0 Å². The largest absolute Gasteiger partial charge is 0.347 e. The van der Waals surface area contributed by atoms with E-state index in [9.17, 15) is 13.6 Å². The normalized spacial score (nSPS) is 10.4. The lowest BCUT2D eigenvalue weighted by molar-refractivity contribution is 0.0945. The van der Waals surface area contributed by atoms with Crippen LogP contribution in [0.1, 0.15) is 16.1 Å². The van der Waals surface area contributed by atoms with E-state index in [1.807, 2.05) is 6.07 Å². The second-order valence-corrected chi connectivity index (χ2v) is 5.72. The van der Waals surface area contributed by atoms with Gasteiger partial charge in [-0.05, 0) is 23.8 Å². The molecule has 0 saturated heterocycles. The molecule has 3 rings (SSSR count). The minimum Gasteiger partial charge on any atom is -0.347 e. The molecule has 0 saturated carbocycles. The third kappa shape index (κ3) is 4.31. The second kappa shape index (κ2) is 7.88. The predicted octanol–water partition coefficient (Wildman–Crippen LogP) is 4.08. The Morgan fingerprint density at radius 1 is 1.08 bits per heavy atom. The zero-order valence-electron chi connectivity index (χ0n) is 13.3. The summed E-state index contributed by atoms with van der Waals surface area (Å²) in [5.41, 5.74) is 0.930. The quantitative estimate of drug-likeness (QED) is 0.706. The van der Waals surface area contributed by atoms with Crippen molar-refractivity contribution in [1.82, 2.24) is 15.3 Å². The third-order valence-electron chi connectivity index (χ3n) is 3.48. The van der Waals surface area contributed by atoms with E-state index in [0.29, 0.717) is 5.02 Å². The highest BCUT2D eigenvalue weighted by atomic mass is 35.5. The molecule has 0 aliphatic rings. The van der Waals surface area contributed by atoms with Crippen LogP contribution in [0.15, 0.2) is 54.9 Å². The van der Waals surface area contributed by atoms with E-state index in [4.69, 9.17) is 11.6 Å². The number of carbonyl (C=O) groups is 1. The van der Waals surface area contributed by atoms with E-state index in [0.717, 1.165) is 17.7 Å². The summed E-state index contributed by atoms with van der Waals surface area (Å²) in [5.74, 6) is -1.63. The van der Waals surface area contributed by atoms with Crippen molar-refractivity contribution in [1.29, 1.82) is 0 Å². The molecule has 0 aliphatic heterocycles. The van der Waals surface area contributed by atoms with Crippen molar-refractivity contribution < 1.29 is 13.6 Å². The van der Waals surface area contributed by atoms with Crippen LogP contribution >= 0.6 is 11.6 Å². The molecular weight excluding hydrogens is 362 g/mol. The average molecular weight is 375 g/mol. The van der Waals surface area contributed by atoms with Crippen LogP contribution in [0, 0.1) is 11.6 Å². The third-order valence-corrected chi connectivity index (χ3v) is 3.84. The molecule has 26 heavy (non-hydrogen) atoms. The van der Waals surface area contributed by atoms with Crippen LogP contribution < -0.4 is 10.6 Å². The van der Waals surface area contributed by atoms with Gasteiger partial charge in [-0.25, -0.2) is 18.7 Å². The Labute approximate surface area is 153 Å². The summed E-state index contributed by atoms with van der Waals surface area (Å²) in [4.78, 5) is 20.1. The highest BCUT2D eigenvalue weighted by Gasteiger charge is 2.10. The summed E-state index contributed by atoms with van der Waals surface area (Å²) in [7, 11) is 0. The first-order valence-corrected chi connectivity index (χ1v) is 7.96. The summed E-state index contributed by atoms with van der Waals surface area (Å²) in [6.07, 6.45) is 2.54. The fourth-order valence-electron chi connectivity index (χ4n) is 2.15. The first kappa shape index (κ1) is 17.8. The summed E-state index contributed by atoms with van der Waals surface area (Å²) in [5, 5.41) is 5.91. The Balaban J connectivity index is 1.63. The zero-order valence-corrected chi connectivity index (χ0v) is 14.1. The fraction of sp³-hybridized carbons (Fsp3) is 0.0556. The monoisotopic (exact) mass is 374 g/mol. The van der Waals surface area contributed by atoms with Crippen LogP contribution in [0.2, 0.25) is 5.02 Å². The number of aromatic nitrogens is 2. The molecule has 0 radical (unpaired) electrons. The molecule has 3 aromatic rings. The molecular formula is C18H13ClF2N4O. The predicted molar refractivity (Wildman–Crippen MR) is 94.3 cm³/mol. The molecule has 5 nitrogen and oxygen atoms in total. The van der Waals surface area contributed by atoms with E-state index in [1.165, 1.54) is 18.5 Å². The first-order valence-electron chi connectivity index (χ1n) is 7.58. The van der Waals surface area contributed by atoms with Gasteiger partial charge in [-0.1, -0.05) is 29.8 Å². The lowest BCUT2D eigenvalue weighted by Crippen LogP contribution is -2.24. The average Bonchev–Trinajstić information content (AvgIpc) is 2.64. The van der Waals surface area contributed by atoms with Crippen LogP contribution in [0.3, 0.4) is 0 Å². The molecule has 1 heterocycles. The summed E-state index contributed by atoms with van der Waals surface area (Å²) in [6.45, 7) is 0.251. The lowest BCUT2D eigenvalue weighted by atomic mass is 10.2. The smallest absolute Gasteiger partial charge is 0.271 e. The van der Waals surface area contributed by atoms with E-state index < -0.39 is 17.5 Å². The van der Waals surface area contributed by atoms with Crippen molar-refractivity contribution in [2.45, 2.75) is 6.54 Å². The van der Waals surface area contributed by atoms with E-state index in [2.05, 4.69) is 20.6 Å². The number of nitrogens with one attached hydrogen (secondary N) is 2. The fourth-order valence-corrected chi connectivity index (χ4v) is 2.35. The molecule has 0 spiro atoms. The molecule has 132 valence electrons. The maximum Gasteiger partial charge on any atom is 0.271 e. The van der Waals surface area contributed by atoms with Gasteiger partial charge in [0.15, 0.2) is 0 Å². The van der Waals surface area contributed by atoms with Gasteiger partial charge in [0.2, 0.25) is 0 Å². The number of nitrogens with zero attached hydrogens (tertiary/aromatic N) is 2. The molecule has 1 amide bonds. The summed E-state index contributed by atoms with van der Waals surface area (Å²) < 4.78 is 26.5. The second-order valence-electron chi connectivity index (χ2n) is 5.31. The van der Waals surface area contributed by atoms with Crippen LogP contribution in [-0.4, -0.2) is 15.9 Å². The summed E-state index contributed by atoms with van der Waals surface area (Å²) in [6, 6.07) is 10.3. The molecule has 0 atom stereocenters. The van der Waals surface area contributed by atoms with Crippen LogP contribution in [-0.2, 0) is 6.54 Å². The number of benzene rings is 2. The number of carbonyl (C=O) groups excluding carboxylic acids is 1. The topological polar surface area (TPSA) is 66.9 Å². The molecule has 2 N–H and O–H groups in total. The Morgan fingerprint density at radius 2 is 1.88 bits per heavy atom. The molecule has 0 unspecified atom stereocenters. The summed E-state index contributed by atoms with van der Waals surface area (Å²) >= 11 is 6.03. The maximum atomic E-state index is 13.6. The standard InChI is InChI=1S/C18H13ClF2N4O/c19-13-4-2-1-3-11(13)8-24-18(26)16-9-23-17(10-22-16)25-15-6-5-12(20)7-14(15)21/h1-7,9-10H,8H2,(H,23,25)(H,24,26). The van der Waals surface area contributed by atoms with Crippen LogP contribution in [0.4, 0.5) is 20.3 Å². The molecule has 0 fully saturated rings. The van der Waals surface area contributed by atoms with Crippen LogP contribution in [0.25, 0.3) is 0 Å². The van der Waals surface area contributed by atoms with Crippen molar-refractivity contribution in [3.05, 3.63) is 82.8 Å². The minimum atomic E-state index is -0.756. The van der Waals surface area contributed by atoms with Crippen molar-refractivity contribution in [3.63, 3.8) is 0 Å². The van der Waals surface area contributed by atoms with E-state index in [-0.39, 0.29) is 23.7 Å². The minimum absolute atomic E-state index is 0.0524. The molecule has 2 aromatic carbocycles. The van der Waals surface area contributed by atoms with Crippen molar-refractivity contribution in [3.8, 4) is 0 Å². The number of halogens is 3. The molecule has 0 aliphatic carbocycles. The Morgan fingerprint density at radius 3 is 2.58 bits per heavy atom. The number of hydrogen-bond donors (Lipinski definition) is 2. The highest BCUT2D eigenvalue weighted by Crippen LogP contribution is 2.19. The van der Waals surface area contributed by atoms with Crippen molar-refractivity contribution in [2.24, 2.45) is 0 Å². The molecule has 1 aromatic heterocycles. The van der Waals surface area contributed by atoms with Crippen molar-refractivity contribution in [2.75, 3.05) is 5.32 Å². The highest BCUT2D eigenvalue weighted by molar-refractivity contribution is 6.31. The van der Waals surface area contributed by atoms with Gasteiger partial charge in [0.1, 0.15) is 23.1 Å². The van der Waals surface area contributed by atoms with Gasteiger partial charge < -0.3 is 10.6 Å². The number of anilines is 2. The van der Waals surface area contributed by atoms with Gasteiger partial charge in [0.05, 0.1) is 18.1 Å². The van der Waals surface area contributed by atoms with Crippen LogP contribution in [0.5, 0.6) is 0 Å². The van der Waals surface area contributed by atoms with Gasteiger partial charge in [-0.2, -0.15) is 0 Å². The SMILES string of the molecule is O=C(NCc1ccccc1Cl)c1cnc(Nc2ccc(F)cc2F)cn1. The number of rotatable bonds is 5. The van der Waals surface area contributed by atoms with E-state index in [1.54, 1.807) is 18.2 Å². The van der Waals surface area contributed by atoms with E-state index >= 15 is 0 Å². The Kier molecular flexibility index (Phi) is 5.38. The lowest BCUT2D eigenvalue weighted by Gasteiger charge is -2.08. The van der Waals surface area contributed by atoms with Gasteiger partial charge in [-0.3, -0.25) is 4.79 Å². The Hall–Kier alpha value is -3.06. The van der Waals surface area contributed by atoms with Gasteiger partial charge >= 0.3 is 0 Å². The Bertz CT molecular complexity index is 935. The number of amides is 1.